The fourth-order valence-corrected chi connectivity index (χ4v) is 6.82. The molecule has 12 rings (SSSR count). The molecule has 0 aliphatic rings. The summed E-state index contributed by atoms with van der Waals surface area (Å²) in [6.07, 6.45) is 0. The Bertz CT molecular complexity index is 4940. The molecule has 0 spiro atoms. The minimum atomic E-state index is -1.18. The first-order valence-corrected chi connectivity index (χ1v) is 16.4. The molecule has 262 valence electrons. The van der Waals surface area contributed by atoms with Crippen LogP contribution in [0, 0.1) is 0 Å². The third kappa shape index (κ3) is 4.47. The Labute approximate surface area is 366 Å². The first kappa shape index (κ1) is 13.0. The first-order chi connectivity index (χ1) is 41.1. The quantitative estimate of drug-likeness (QED) is 0.159. The van der Waals surface area contributed by atoms with Crippen LogP contribution >= 0.6 is 0 Å². The summed E-state index contributed by atoms with van der Waals surface area (Å²) in [5, 5.41) is -6.97. The van der Waals surface area contributed by atoms with Gasteiger partial charge in [-0.2, -0.15) is 0 Å². The number of rotatable bonds is 6. The van der Waals surface area contributed by atoms with Crippen molar-refractivity contribution in [3.8, 4) is 0 Å². The van der Waals surface area contributed by atoms with Gasteiger partial charge in [0.1, 0.15) is 11.2 Å². The van der Waals surface area contributed by atoms with Crippen LogP contribution in [0.5, 0.6) is 0 Å². The molecule has 0 radical (unpaired) electrons. The lowest BCUT2D eigenvalue weighted by Crippen LogP contribution is -2.11. The van der Waals surface area contributed by atoms with Crippen LogP contribution in [0.1, 0.15) is 43.9 Å². The normalized spacial score (nSPS) is 19.9. The SMILES string of the molecule is [2H]c1c([2H])c([2H])c(N(c2c([2H])c([2H])c([2H])c3c2oc2c([2H])c([2H])c([2H])c([2H])c23)c2c([2H])c([2H])c3c([2H])c([2H])c4c(N(c5c([2H])c([2H])c([2H])c([2H])c5[2H])c5c([2H])c([2H])c([2H])c6c5oc5c([2H])c([2H])c([2H])c([2H])c56)c([2H])c([2H])c5c([2H])c([2H])c2c3c54)c([2H])c1[2H]. The van der Waals surface area contributed by atoms with Crippen LogP contribution in [0.4, 0.5) is 34.1 Å². The molecule has 4 heteroatoms. The van der Waals surface area contributed by atoms with Gasteiger partial charge in [0, 0.05) is 43.7 Å². The molecule has 2 aromatic heterocycles. The standard InChI is InChI=1S/C52H32N2O2/c1-3-13-35(14-4-1)53(45-21-11-19-39-37-17-7-9-23-47(37)55-51(39)45)43-31-27-33-26-30-42-44(32-28-34-25-29-41(43)49(33)50(34)42)54(36-15-5-2-6-16-36)46-22-12-20-40-38-18-8-10-24-48(38)56-52(40)46/h1-32H/i1D,2D,3D,4D,5D,6D,7D,8D,9D,10D,11D,12D,13D,14D,15D,16D,17D,18D,19D,20D,21D,22D,23D,24D,25D,26D,27D,28D,29D,30D,31D,32D. The number of hydrogen-bond acceptors (Lipinski definition) is 4. The monoisotopic (exact) mass is 748 g/mol. The van der Waals surface area contributed by atoms with E-state index in [0.29, 0.717) is 9.80 Å². The van der Waals surface area contributed by atoms with Crippen LogP contribution in [0.2, 0.25) is 0 Å². The second-order valence-corrected chi connectivity index (χ2v) is 12.0. The number of para-hydroxylation sites is 6. The van der Waals surface area contributed by atoms with Crippen molar-refractivity contribution < 1.29 is 52.7 Å². The van der Waals surface area contributed by atoms with Gasteiger partial charge >= 0.3 is 0 Å². The van der Waals surface area contributed by atoms with Crippen molar-refractivity contribution in [2.45, 2.75) is 0 Å². The maximum Gasteiger partial charge on any atom is 0.159 e. The zero-order valence-electron chi connectivity index (χ0n) is 59.7. The van der Waals surface area contributed by atoms with Crippen molar-refractivity contribution in [1.29, 1.82) is 0 Å². The summed E-state index contributed by atoms with van der Waals surface area (Å²) in [6, 6.07) is -32.9. The second kappa shape index (κ2) is 12.0. The molecule has 0 fully saturated rings. The first-order valence-electron chi connectivity index (χ1n) is 32.4. The summed E-state index contributed by atoms with van der Waals surface area (Å²) in [4.78, 5) is 1.00. The number of anilines is 6. The number of fused-ring (bicyclic) bond motifs is 6. The highest BCUT2D eigenvalue weighted by Gasteiger charge is 2.25. The molecule has 12 aromatic rings. The largest absolute Gasteiger partial charge is 0.454 e. The van der Waals surface area contributed by atoms with Crippen LogP contribution in [-0.2, 0) is 0 Å². The van der Waals surface area contributed by atoms with Crippen LogP contribution in [0.25, 0.3) is 76.2 Å². The maximum atomic E-state index is 9.89. The Morgan fingerprint density at radius 1 is 0.304 bits per heavy atom. The highest BCUT2D eigenvalue weighted by Crippen LogP contribution is 2.50. The second-order valence-electron chi connectivity index (χ2n) is 12.0. The average Bonchev–Trinajstić information content (AvgIpc) is 0.738. The Morgan fingerprint density at radius 3 is 1.16 bits per heavy atom. The zero-order chi connectivity index (χ0) is 64.6. The molecule has 0 bridgehead atoms. The molecule has 0 atom stereocenters. The lowest BCUT2D eigenvalue weighted by molar-refractivity contribution is 0.669. The van der Waals surface area contributed by atoms with E-state index < -0.39 is 304 Å². The number of nitrogens with zero attached hydrogens (tertiary/aromatic N) is 2. The maximum absolute atomic E-state index is 9.89. The summed E-state index contributed by atoms with van der Waals surface area (Å²) < 4.78 is 306. The van der Waals surface area contributed by atoms with Gasteiger partial charge in [-0.3, -0.25) is 0 Å². The molecular formula is C52H32N2O2. The molecule has 0 saturated heterocycles. The predicted molar refractivity (Wildman–Crippen MR) is 234 cm³/mol. The Hall–Kier alpha value is -7.56. The Kier molecular flexibility index (Phi) is 2.79. The van der Waals surface area contributed by atoms with Gasteiger partial charge < -0.3 is 18.6 Å². The van der Waals surface area contributed by atoms with E-state index in [9.17, 15) is 21.9 Å². The van der Waals surface area contributed by atoms with Gasteiger partial charge in [0.25, 0.3) is 0 Å². The van der Waals surface area contributed by atoms with E-state index in [4.69, 9.17) is 30.8 Å². The molecule has 0 aliphatic heterocycles. The number of benzene rings is 10. The topological polar surface area (TPSA) is 32.8 Å². The van der Waals surface area contributed by atoms with Gasteiger partial charge in [-0.05, 0) is 82.0 Å². The number of furan rings is 2. The molecule has 0 unspecified atom stereocenters. The van der Waals surface area contributed by atoms with E-state index in [1.165, 1.54) is 0 Å². The van der Waals surface area contributed by atoms with Crippen molar-refractivity contribution >= 4 is 110 Å². The minimum Gasteiger partial charge on any atom is -0.454 e. The van der Waals surface area contributed by atoms with Crippen molar-refractivity contribution in [2.24, 2.45) is 0 Å². The van der Waals surface area contributed by atoms with E-state index in [1.807, 2.05) is 0 Å². The average molecular weight is 749 g/mol. The summed E-state index contributed by atoms with van der Waals surface area (Å²) in [5.41, 5.74) is -9.07. The molecule has 10 aromatic carbocycles. The van der Waals surface area contributed by atoms with Gasteiger partial charge in [0.15, 0.2) is 11.2 Å². The molecule has 4 nitrogen and oxygen atoms in total. The van der Waals surface area contributed by atoms with Crippen molar-refractivity contribution in [3.05, 3.63) is 193 Å². The molecule has 0 N–H and O–H groups in total. The van der Waals surface area contributed by atoms with Gasteiger partial charge in [-0.25, -0.2) is 0 Å². The third-order valence-corrected chi connectivity index (χ3v) is 9.11. The minimum absolute atomic E-state index is 0.502. The van der Waals surface area contributed by atoms with Crippen LogP contribution in [0.15, 0.2) is 202 Å². The van der Waals surface area contributed by atoms with Crippen LogP contribution in [-0.4, -0.2) is 0 Å². The highest BCUT2D eigenvalue weighted by atomic mass is 16.3. The predicted octanol–water partition coefficient (Wildman–Crippen LogP) is 15.3. The summed E-state index contributed by atoms with van der Waals surface area (Å²) in [6.45, 7) is 0. The highest BCUT2D eigenvalue weighted by molar-refractivity contribution is 6.28. The molecular weight excluding hydrogens is 685 g/mol. The van der Waals surface area contributed by atoms with Crippen LogP contribution < -0.4 is 9.80 Å². The zero-order valence-corrected chi connectivity index (χ0v) is 27.7. The molecule has 2 heterocycles. The fourth-order valence-electron chi connectivity index (χ4n) is 6.82. The van der Waals surface area contributed by atoms with Crippen LogP contribution in [0.3, 0.4) is 0 Å². The van der Waals surface area contributed by atoms with E-state index in [-0.39, 0.29) is 0 Å². The van der Waals surface area contributed by atoms with Crippen molar-refractivity contribution in [3.63, 3.8) is 0 Å². The summed E-state index contributed by atoms with van der Waals surface area (Å²) >= 11 is 0. The Balaban J connectivity index is 1.37. The smallest absolute Gasteiger partial charge is 0.159 e. The lowest BCUT2D eigenvalue weighted by Gasteiger charge is -2.29. The van der Waals surface area contributed by atoms with E-state index in [2.05, 4.69) is 0 Å². The lowest BCUT2D eigenvalue weighted by atomic mass is 9.91. The third-order valence-electron chi connectivity index (χ3n) is 9.11. The molecule has 0 amide bonds. The number of hydrogen-bond donors (Lipinski definition) is 0. The Morgan fingerprint density at radius 2 is 0.696 bits per heavy atom. The van der Waals surface area contributed by atoms with E-state index in [1.54, 1.807) is 0 Å². The summed E-state index contributed by atoms with van der Waals surface area (Å²) in [7, 11) is 0. The molecule has 56 heavy (non-hydrogen) atoms. The van der Waals surface area contributed by atoms with E-state index >= 15 is 0 Å². The van der Waals surface area contributed by atoms with Gasteiger partial charge in [0.2, 0.25) is 0 Å². The van der Waals surface area contributed by atoms with Gasteiger partial charge in [0.05, 0.1) is 66.6 Å². The fraction of sp³-hybridized carbons (Fsp3) is 0. The van der Waals surface area contributed by atoms with Gasteiger partial charge in [-0.15, -0.1) is 0 Å². The van der Waals surface area contributed by atoms with Crippen molar-refractivity contribution in [1.82, 2.24) is 0 Å². The molecule has 0 saturated carbocycles. The summed E-state index contributed by atoms with van der Waals surface area (Å²) in [5.74, 6) is 0. The van der Waals surface area contributed by atoms with E-state index in [0.717, 1.165) is 0 Å². The molecule has 0 aliphatic carbocycles. The van der Waals surface area contributed by atoms with Gasteiger partial charge in [-0.1, -0.05) is 133 Å². The van der Waals surface area contributed by atoms with Crippen molar-refractivity contribution in [2.75, 3.05) is 9.80 Å².